The van der Waals surface area contributed by atoms with Gasteiger partial charge in [0, 0.05) is 68.9 Å². The zero-order valence-corrected chi connectivity index (χ0v) is 18.7. The van der Waals surface area contributed by atoms with Crippen molar-refractivity contribution in [2.75, 3.05) is 31.9 Å². The maximum atomic E-state index is 13.1. The highest BCUT2D eigenvalue weighted by Crippen LogP contribution is 2.29. The third kappa shape index (κ3) is 4.59. The predicted octanol–water partition coefficient (Wildman–Crippen LogP) is 2.00. The standard InChI is InChI=1S/C22H29N5O2S/c1-22(2,3)18-12-19(28)27-14-17(15-30-21(27)24-18)20(29)26-10-8-25(9-11-26)13-16-4-6-23-7-5-16/h4-7,12,17H,8-11,13-15H2,1-3H3/t17-/m0/s1. The molecule has 1 atom stereocenters. The summed E-state index contributed by atoms with van der Waals surface area (Å²) in [5.41, 5.74) is 1.82. The normalized spacial score (nSPS) is 20.1. The van der Waals surface area contributed by atoms with Gasteiger partial charge in [-0.3, -0.25) is 24.0 Å². The first-order valence-corrected chi connectivity index (χ1v) is 11.4. The lowest BCUT2D eigenvalue weighted by molar-refractivity contribution is -0.137. The number of aromatic nitrogens is 3. The van der Waals surface area contributed by atoms with Gasteiger partial charge in [0.05, 0.1) is 11.6 Å². The van der Waals surface area contributed by atoms with Gasteiger partial charge in [-0.15, -0.1) is 0 Å². The second kappa shape index (κ2) is 8.51. The van der Waals surface area contributed by atoms with E-state index in [0.717, 1.165) is 43.6 Å². The molecule has 0 spiro atoms. The molecule has 7 nitrogen and oxygen atoms in total. The first kappa shape index (κ1) is 21.1. The third-order valence-corrected chi connectivity index (χ3v) is 6.89. The number of amides is 1. The van der Waals surface area contributed by atoms with Crippen molar-refractivity contribution < 1.29 is 4.79 Å². The SMILES string of the molecule is CC(C)(C)c1cc(=O)n2c(n1)SC[C@@H](C(=O)N1CCN(Cc3ccncc3)CC1)C2. The molecule has 2 aliphatic heterocycles. The van der Waals surface area contributed by atoms with Crippen molar-refractivity contribution in [2.45, 2.75) is 44.4 Å². The van der Waals surface area contributed by atoms with Crippen molar-refractivity contribution in [3.8, 4) is 0 Å². The van der Waals surface area contributed by atoms with E-state index in [1.807, 2.05) is 29.4 Å². The van der Waals surface area contributed by atoms with Crippen molar-refractivity contribution in [1.82, 2.24) is 24.3 Å². The van der Waals surface area contributed by atoms with E-state index in [9.17, 15) is 9.59 Å². The van der Waals surface area contributed by atoms with E-state index in [4.69, 9.17) is 4.98 Å². The van der Waals surface area contributed by atoms with Gasteiger partial charge in [-0.25, -0.2) is 4.98 Å². The Morgan fingerprint density at radius 3 is 2.53 bits per heavy atom. The molecule has 1 amide bonds. The van der Waals surface area contributed by atoms with Crippen LogP contribution in [-0.2, 0) is 23.3 Å². The maximum Gasteiger partial charge on any atom is 0.254 e. The molecule has 0 bridgehead atoms. The highest BCUT2D eigenvalue weighted by Gasteiger charge is 2.32. The van der Waals surface area contributed by atoms with Crippen LogP contribution in [0.3, 0.4) is 0 Å². The number of nitrogens with zero attached hydrogens (tertiary/aromatic N) is 5. The summed E-state index contributed by atoms with van der Waals surface area (Å²) in [5.74, 6) is 0.661. The van der Waals surface area contributed by atoms with Gasteiger partial charge < -0.3 is 4.90 Å². The van der Waals surface area contributed by atoms with E-state index >= 15 is 0 Å². The zero-order valence-electron chi connectivity index (χ0n) is 17.9. The van der Waals surface area contributed by atoms with Crippen molar-refractivity contribution >= 4 is 17.7 Å². The van der Waals surface area contributed by atoms with Gasteiger partial charge in [-0.2, -0.15) is 0 Å². The van der Waals surface area contributed by atoms with Crippen molar-refractivity contribution in [2.24, 2.45) is 5.92 Å². The largest absolute Gasteiger partial charge is 0.340 e. The van der Waals surface area contributed by atoms with Gasteiger partial charge in [-0.1, -0.05) is 32.5 Å². The van der Waals surface area contributed by atoms with Crippen LogP contribution in [0.15, 0.2) is 40.5 Å². The van der Waals surface area contributed by atoms with E-state index in [1.165, 1.54) is 17.3 Å². The number of fused-ring (bicyclic) bond motifs is 1. The molecule has 1 fully saturated rings. The molecule has 8 heteroatoms. The minimum absolute atomic E-state index is 0.0582. The van der Waals surface area contributed by atoms with E-state index < -0.39 is 0 Å². The predicted molar refractivity (Wildman–Crippen MR) is 118 cm³/mol. The lowest BCUT2D eigenvalue weighted by atomic mass is 9.92. The summed E-state index contributed by atoms with van der Waals surface area (Å²) in [4.78, 5) is 38.9. The number of thioether (sulfide) groups is 1. The molecule has 4 heterocycles. The Hall–Kier alpha value is -2.19. The Morgan fingerprint density at radius 2 is 1.87 bits per heavy atom. The highest BCUT2D eigenvalue weighted by molar-refractivity contribution is 7.99. The van der Waals surface area contributed by atoms with Crippen LogP contribution in [0, 0.1) is 5.92 Å². The molecule has 2 aromatic heterocycles. The Kier molecular flexibility index (Phi) is 5.97. The lowest BCUT2D eigenvalue weighted by Crippen LogP contribution is -2.51. The molecule has 1 saturated heterocycles. The van der Waals surface area contributed by atoms with Gasteiger partial charge in [0.15, 0.2) is 5.16 Å². The van der Waals surface area contributed by atoms with Gasteiger partial charge >= 0.3 is 0 Å². The summed E-state index contributed by atoms with van der Waals surface area (Å²) in [6.45, 7) is 10.7. The fraction of sp³-hybridized carbons (Fsp3) is 0.545. The first-order chi connectivity index (χ1) is 14.3. The van der Waals surface area contributed by atoms with Crippen LogP contribution >= 0.6 is 11.8 Å². The Morgan fingerprint density at radius 1 is 1.17 bits per heavy atom. The number of pyridine rings is 1. The van der Waals surface area contributed by atoms with Crippen LogP contribution in [0.4, 0.5) is 0 Å². The Labute approximate surface area is 181 Å². The lowest BCUT2D eigenvalue weighted by Gasteiger charge is -2.37. The van der Waals surface area contributed by atoms with E-state index in [1.54, 1.807) is 10.6 Å². The maximum absolute atomic E-state index is 13.1. The average molecular weight is 428 g/mol. The van der Waals surface area contributed by atoms with E-state index in [-0.39, 0.29) is 22.8 Å². The van der Waals surface area contributed by atoms with Crippen molar-refractivity contribution in [1.29, 1.82) is 0 Å². The monoisotopic (exact) mass is 427 g/mol. The molecule has 0 N–H and O–H groups in total. The number of piperazine rings is 1. The summed E-state index contributed by atoms with van der Waals surface area (Å²) < 4.78 is 1.67. The van der Waals surface area contributed by atoms with Gasteiger partial charge in [-0.05, 0) is 17.7 Å². The molecule has 4 rings (SSSR count). The van der Waals surface area contributed by atoms with Crippen LogP contribution in [0.25, 0.3) is 0 Å². The molecule has 0 unspecified atom stereocenters. The van der Waals surface area contributed by atoms with E-state index in [2.05, 4.69) is 30.7 Å². The van der Waals surface area contributed by atoms with E-state index in [0.29, 0.717) is 12.3 Å². The van der Waals surface area contributed by atoms with Gasteiger partial charge in [0.2, 0.25) is 5.91 Å². The smallest absolute Gasteiger partial charge is 0.254 e. The van der Waals surface area contributed by atoms with Crippen LogP contribution in [0.1, 0.15) is 32.0 Å². The van der Waals surface area contributed by atoms with Gasteiger partial charge in [0.25, 0.3) is 5.56 Å². The van der Waals surface area contributed by atoms with Crippen LogP contribution in [0.2, 0.25) is 0 Å². The molecule has 30 heavy (non-hydrogen) atoms. The fourth-order valence-electron chi connectivity index (χ4n) is 3.88. The molecule has 0 aliphatic carbocycles. The summed E-state index contributed by atoms with van der Waals surface area (Å²) in [5, 5.41) is 0.735. The third-order valence-electron chi connectivity index (χ3n) is 5.75. The number of hydrogen-bond donors (Lipinski definition) is 0. The second-order valence-corrected chi connectivity index (χ2v) is 10.1. The summed E-state index contributed by atoms with van der Waals surface area (Å²) in [6, 6.07) is 5.69. The van der Waals surface area contributed by atoms with Crippen LogP contribution in [-0.4, -0.2) is 62.2 Å². The zero-order chi connectivity index (χ0) is 21.3. The second-order valence-electron chi connectivity index (χ2n) is 9.09. The fourth-order valence-corrected chi connectivity index (χ4v) is 4.96. The Bertz CT molecular complexity index is 962. The summed E-state index contributed by atoms with van der Waals surface area (Å²) >= 11 is 1.52. The highest BCUT2D eigenvalue weighted by atomic mass is 32.2. The van der Waals surface area contributed by atoms with Crippen molar-refractivity contribution in [3.05, 3.63) is 52.2 Å². The number of rotatable bonds is 3. The summed E-state index contributed by atoms with van der Waals surface area (Å²) in [7, 11) is 0. The molecule has 0 aromatic carbocycles. The molecule has 160 valence electrons. The minimum atomic E-state index is -0.172. The number of carbonyl (C=O) groups is 1. The molecular formula is C22H29N5O2S. The van der Waals surface area contributed by atoms with Crippen molar-refractivity contribution in [3.63, 3.8) is 0 Å². The molecule has 2 aromatic rings. The summed E-state index contributed by atoms with van der Waals surface area (Å²) in [6.07, 6.45) is 3.63. The van der Waals surface area contributed by atoms with Gasteiger partial charge in [0.1, 0.15) is 0 Å². The number of carbonyl (C=O) groups excluding carboxylic acids is 1. The molecule has 0 saturated carbocycles. The average Bonchev–Trinajstić information content (AvgIpc) is 2.73. The van der Waals surface area contributed by atoms with Crippen LogP contribution in [0.5, 0.6) is 0 Å². The van der Waals surface area contributed by atoms with Crippen LogP contribution < -0.4 is 5.56 Å². The minimum Gasteiger partial charge on any atom is -0.340 e. The molecule has 2 aliphatic rings. The quantitative estimate of drug-likeness (QED) is 0.698. The topological polar surface area (TPSA) is 71.3 Å². The number of hydrogen-bond acceptors (Lipinski definition) is 6. The Balaban J connectivity index is 1.37. The first-order valence-electron chi connectivity index (χ1n) is 10.5. The molecule has 0 radical (unpaired) electrons. The molecular weight excluding hydrogens is 398 g/mol.